The molecule has 2 nitrogen and oxygen atoms in total. The Hall–Kier alpha value is -0.860. The van der Waals surface area contributed by atoms with E-state index in [-0.39, 0.29) is 6.42 Å². The SMILES string of the molecule is C=C(CCCCCCCCCCCCC)CC(F)C(=O)O. The smallest absolute Gasteiger partial charge is 0.338 e. The molecule has 0 heterocycles. The van der Waals surface area contributed by atoms with Gasteiger partial charge in [0.2, 0.25) is 6.17 Å². The molecule has 0 aliphatic rings. The van der Waals surface area contributed by atoms with Crippen molar-refractivity contribution in [1.82, 2.24) is 0 Å². The van der Waals surface area contributed by atoms with Crippen molar-refractivity contribution in [2.45, 2.75) is 96.6 Å². The molecule has 0 spiro atoms. The van der Waals surface area contributed by atoms with Crippen LogP contribution in [0.4, 0.5) is 4.39 Å². The minimum Gasteiger partial charge on any atom is -0.479 e. The predicted octanol–water partition coefficient (Wildman–Crippen LogP) is 6.06. The van der Waals surface area contributed by atoms with Gasteiger partial charge in [0.1, 0.15) is 0 Å². The first-order chi connectivity index (χ1) is 10.1. The fraction of sp³-hybridized carbons (Fsp3) is 0.833. The summed E-state index contributed by atoms with van der Waals surface area (Å²) in [5.41, 5.74) is 0.723. The second-order valence-electron chi connectivity index (χ2n) is 6.05. The summed E-state index contributed by atoms with van der Waals surface area (Å²) in [6.45, 7) is 6.00. The Morgan fingerprint density at radius 1 is 0.952 bits per heavy atom. The van der Waals surface area contributed by atoms with Gasteiger partial charge < -0.3 is 5.11 Å². The number of halogens is 1. The van der Waals surface area contributed by atoms with Gasteiger partial charge in [0.05, 0.1) is 0 Å². The molecular weight excluding hydrogens is 267 g/mol. The van der Waals surface area contributed by atoms with Crippen LogP contribution in [0.15, 0.2) is 12.2 Å². The number of alkyl halides is 1. The average molecular weight is 300 g/mol. The molecule has 0 aromatic rings. The Bertz CT molecular complexity index is 276. The van der Waals surface area contributed by atoms with Crippen LogP contribution in [0.1, 0.15) is 90.4 Å². The van der Waals surface area contributed by atoms with Gasteiger partial charge in [-0.25, -0.2) is 9.18 Å². The molecule has 0 saturated carbocycles. The Balaban J connectivity index is 3.25. The second kappa shape index (κ2) is 14.1. The molecule has 1 N–H and O–H groups in total. The van der Waals surface area contributed by atoms with E-state index in [1.165, 1.54) is 57.8 Å². The molecule has 3 heteroatoms. The van der Waals surface area contributed by atoms with Crippen LogP contribution in [0, 0.1) is 0 Å². The molecule has 1 unspecified atom stereocenters. The summed E-state index contributed by atoms with van der Waals surface area (Å²) in [5, 5.41) is 8.47. The monoisotopic (exact) mass is 300 g/mol. The highest BCUT2D eigenvalue weighted by Gasteiger charge is 2.16. The van der Waals surface area contributed by atoms with Crippen LogP contribution in [0.25, 0.3) is 0 Å². The number of unbranched alkanes of at least 4 members (excludes halogenated alkanes) is 10. The normalized spacial score (nSPS) is 12.3. The lowest BCUT2D eigenvalue weighted by Crippen LogP contribution is -2.14. The zero-order chi connectivity index (χ0) is 15.9. The Kier molecular flexibility index (Phi) is 13.5. The summed E-state index contributed by atoms with van der Waals surface area (Å²) in [4.78, 5) is 10.4. The topological polar surface area (TPSA) is 37.3 Å². The Morgan fingerprint density at radius 2 is 1.38 bits per heavy atom. The van der Waals surface area contributed by atoms with E-state index in [2.05, 4.69) is 13.5 Å². The number of carboxylic acid groups (broad SMARTS) is 1. The maximum absolute atomic E-state index is 12.9. The first kappa shape index (κ1) is 20.1. The van der Waals surface area contributed by atoms with Gasteiger partial charge in [0.25, 0.3) is 0 Å². The maximum atomic E-state index is 12.9. The molecule has 0 amide bonds. The molecule has 1 atom stereocenters. The Morgan fingerprint density at radius 3 is 1.81 bits per heavy atom. The van der Waals surface area contributed by atoms with E-state index in [0.29, 0.717) is 0 Å². The first-order valence-corrected chi connectivity index (χ1v) is 8.61. The summed E-state index contributed by atoms with van der Waals surface area (Å²) < 4.78 is 12.9. The molecule has 0 aliphatic heterocycles. The lowest BCUT2D eigenvalue weighted by atomic mass is 10.0. The van der Waals surface area contributed by atoms with Crippen molar-refractivity contribution in [3.63, 3.8) is 0 Å². The van der Waals surface area contributed by atoms with Gasteiger partial charge >= 0.3 is 5.97 Å². The molecule has 0 fully saturated rings. The minimum atomic E-state index is -1.79. The zero-order valence-electron chi connectivity index (χ0n) is 13.7. The van der Waals surface area contributed by atoms with Gasteiger partial charge in [0.15, 0.2) is 0 Å². The number of hydrogen-bond acceptors (Lipinski definition) is 1. The molecule has 0 rings (SSSR count). The number of aliphatic carboxylic acids is 1. The van der Waals surface area contributed by atoms with E-state index >= 15 is 0 Å². The number of allylic oxidation sites excluding steroid dienone is 1. The van der Waals surface area contributed by atoms with Gasteiger partial charge in [-0.05, 0) is 12.8 Å². The van der Waals surface area contributed by atoms with Gasteiger partial charge in [-0.2, -0.15) is 0 Å². The quantitative estimate of drug-likeness (QED) is 0.295. The van der Waals surface area contributed by atoms with Crippen LogP contribution in [0.3, 0.4) is 0 Å². The van der Waals surface area contributed by atoms with Crippen LogP contribution in [0.5, 0.6) is 0 Å². The maximum Gasteiger partial charge on any atom is 0.338 e. The lowest BCUT2D eigenvalue weighted by molar-refractivity contribution is -0.142. The van der Waals surface area contributed by atoms with Gasteiger partial charge in [0, 0.05) is 6.42 Å². The largest absolute Gasteiger partial charge is 0.479 e. The lowest BCUT2D eigenvalue weighted by Gasteiger charge is -2.07. The number of carboxylic acids is 1. The number of rotatable bonds is 15. The second-order valence-corrected chi connectivity index (χ2v) is 6.05. The zero-order valence-corrected chi connectivity index (χ0v) is 13.7. The van der Waals surface area contributed by atoms with Crippen LogP contribution in [-0.4, -0.2) is 17.2 Å². The summed E-state index contributed by atoms with van der Waals surface area (Å²) in [6, 6.07) is 0. The molecule has 0 bridgehead atoms. The average Bonchev–Trinajstić information content (AvgIpc) is 2.44. The highest BCUT2D eigenvalue weighted by molar-refractivity contribution is 5.72. The highest BCUT2D eigenvalue weighted by atomic mass is 19.1. The van der Waals surface area contributed by atoms with Crippen molar-refractivity contribution in [2.75, 3.05) is 0 Å². The summed E-state index contributed by atoms with van der Waals surface area (Å²) in [5.74, 6) is -1.38. The third-order valence-electron chi connectivity index (χ3n) is 3.87. The van der Waals surface area contributed by atoms with Crippen molar-refractivity contribution < 1.29 is 14.3 Å². The van der Waals surface area contributed by atoms with E-state index in [9.17, 15) is 9.18 Å². The van der Waals surface area contributed by atoms with E-state index in [4.69, 9.17) is 5.11 Å². The van der Waals surface area contributed by atoms with E-state index in [1.54, 1.807) is 0 Å². The molecular formula is C18H33FO2. The molecule has 21 heavy (non-hydrogen) atoms. The third-order valence-corrected chi connectivity index (χ3v) is 3.87. The summed E-state index contributed by atoms with van der Waals surface area (Å²) >= 11 is 0. The molecule has 124 valence electrons. The molecule has 0 aromatic carbocycles. The standard InChI is InChI=1S/C18H33FO2/c1-3-4-5-6-7-8-9-10-11-12-13-14-16(2)15-17(19)18(20)21/h17H,2-15H2,1H3,(H,20,21). The Labute approximate surface area is 129 Å². The fourth-order valence-electron chi connectivity index (χ4n) is 2.48. The van der Waals surface area contributed by atoms with E-state index in [1.807, 2.05) is 0 Å². The van der Waals surface area contributed by atoms with Gasteiger partial charge in [-0.3, -0.25) is 0 Å². The third kappa shape index (κ3) is 13.9. The molecule has 0 radical (unpaired) electrons. The summed E-state index contributed by atoms with van der Waals surface area (Å²) in [6.07, 6.45) is 13.0. The van der Waals surface area contributed by atoms with E-state index in [0.717, 1.165) is 24.8 Å². The van der Waals surface area contributed by atoms with Crippen molar-refractivity contribution in [3.8, 4) is 0 Å². The van der Waals surface area contributed by atoms with Crippen LogP contribution >= 0.6 is 0 Å². The van der Waals surface area contributed by atoms with Gasteiger partial charge in [-0.15, -0.1) is 0 Å². The van der Waals surface area contributed by atoms with Crippen LogP contribution in [-0.2, 0) is 4.79 Å². The predicted molar refractivity (Wildman–Crippen MR) is 87.4 cm³/mol. The van der Waals surface area contributed by atoms with Crippen molar-refractivity contribution >= 4 is 5.97 Å². The van der Waals surface area contributed by atoms with Crippen molar-refractivity contribution in [1.29, 1.82) is 0 Å². The van der Waals surface area contributed by atoms with Crippen molar-refractivity contribution in [2.24, 2.45) is 0 Å². The minimum absolute atomic E-state index is 0.0346. The number of carbonyl (C=O) groups is 1. The molecule has 0 saturated heterocycles. The fourth-order valence-corrected chi connectivity index (χ4v) is 2.48. The van der Waals surface area contributed by atoms with E-state index < -0.39 is 12.1 Å². The summed E-state index contributed by atoms with van der Waals surface area (Å²) in [7, 11) is 0. The molecule has 0 aromatic heterocycles. The molecule has 0 aliphatic carbocycles. The van der Waals surface area contributed by atoms with Crippen molar-refractivity contribution in [3.05, 3.63) is 12.2 Å². The number of hydrogen-bond donors (Lipinski definition) is 1. The van der Waals surface area contributed by atoms with Crippen LogP contribution < -0.4 is 0 Å². The first-order valence-electron chi connectivity index (χ1n) is 8.61. The highest BCUT2D eigenvalue weighted by Crippen LogP contribution is 2.16. The van der Waals surface area contributed by atoms with Gasteiger partial charge in [-0.1, -0.05) is 83.3 Å². The van der Waals surface area contributed by atoms with Crippen LogP contribution in [0.2, 0.25) is 0 Å².